The van der Waals surface area contributed by atoms with Gasteiger partial charge in [-0.15, -0.1) is 0 Å². The molecular formula is C11H22N2. The van der Waals surface area contributed by atoms with Crippen LogP contribution in [0.2, 0.25) is 0 Å². The molecule has 2 nitrogen and oxygen atoms in total. The normalized spacial score (nSPS) is 38.3. The predicted octanol–water partition coefficient (Wildman–Crippen LogP) is 1.61. The van der Waals surface area contributed by atoms with Crippen LogP contribution in [0.3, 0.4) is 0 Å². The molecule has 2 atom stereocenters. The van der Waals surface area contributed by atoms with Crippen LogP contribution < -0.4 is 5.32 Å². The maximum absolute atomic E-state index is 3.44. The quantitative estimate of drug-likeness (QED) is 0.663. The van der Waals surface area contributed by atoms with Gasteiger partial charge in [0.25, 0.3) is 0 Å². The van der Waals surface area contributed by atoms with E-state index in [2.05, 4.69) is 24.1 Å². The molecule has 0 spiro atoms. The fourth-order valence-corrected chi connectivity index (χ4v) is 3.04. The second kappa shape index (κ2) is 3.97. The van der Waals surface area contributed by atoms with Gasteiger partial charge in [-0.1, -0.05) is 0 Å². The first-order valence-electron chi connectivity index (χ1n) is 5.77. The van der Waals surface area contributed by atoms with Gasteiger partial charge in [0.05, 0.1) is 0 Å². The van der Waals surface area contributed by atoms with Gasteiger partial charge in [-0.2, -0.15) is 0 Å². The third kappa shape index (κ3) is 1.89. The highest BCUT2D eigenvalue weighted by molar-refractivity contribution is 4.89. The minimum atomic E-state index is 0.832. The summed E-state index contributed by atoms with van der Waals surface area (Å²) in [4.78, 5) is 2.76. The third-order valence-corrected chi connectivity index (χ3v) is 3.75. The van der Waals surface area contributed by atoms with Crippen molar-refractivity contribution in [1.82, 2.24) is 10.2 Å². The first-order valence-corrected chi connectivity index (χ1v) is 5.77. The summed E-state index contributed by atoms with van der Waals surface area (Å²) in [5, 5.41) is 3.44. The number of piperidine rings is 1. The van der Waals surface area contributed by atoms with E-state index >= 15 is 0 Å². The van der Waals surface area contributed by atoms with Gasteiger partial charge in [0, 0.05) is 18.1 Å². The van der Waals surface area contributed by atoms with Crippen molar-refractivity contribution in [2.45, 2.75) is 57.7 Å². The molecule has 2 rings (SSSR count). The van der Waals surface area contributed by atoms with Gasteiger partial charge < -0.3 is 5.32 Å². The van der Waals surface area contributed by atoms with E-state index in [-0.39, 0.29) is 0 Å². The van der Waals surface area contributed by atoms with Crippen LogP contribution in [0.5, 0.6) is 0 Å². The minimum Gasteiger partial charge on any atom is -0.317 e. The van der Waals surface area contributed by atoms with Crippen LogP contribution in [-0.4, -0.2) is 36.1 Å². The first kappa shape index (κ1) is 9.47. The molecule has 2 fully saturated rings. The van der Waals surface area contributed by atoms with Gasteiger partial charge in [-0.25, -0.2) is 0 Å². The summed E-state index contributed by atoms with van der Waals surface area (Å²) in [5.41, 5.74) is 0. The molecule has 2 heteroatoms. The highest BCUT2D eigenvalue weighted by Crippen LogP contribution is 2.28. The summed E-state index contributed by atoms with van der Waals surface area (Å²) in [6, 6.07) is 2.53. The molecule has 0 radical (unpaired) electrons. The monoisotopic (exact) mass is 182 g/mol. The molecule has 0 bridgehead atoms. The summed E-state index contributed by atoms with van der Waals surface area (Å²) < 4.78 is 0. The Balaban J connectivity index is 1.96. The molecule has 0 aromatic heterocycles. The molecule has 0 aromatic carbocycles. The third-order valence-electron chi connectivity index (χ3n) is 3.75. The van der Waals surface area contributed by atoms with E-state index in [4.69, 9.17) is 0 Å². The van der Waals surface area contributed by atoms with Gasteiger partial charge in [0.15, 0.2) is 0 Å². The molecule has 0 amide bonds. The highest BCUT2D eigenvalue weighted by Gasteiger charge is 2.33. The van der Waals surface area contributed by atoms with E-state index in [0.29, 0.717) is 0 Å². The van der Waals surface area contributed by atoms with Crippen LogP contribution in [0.4, 0.5) is 0 Å². The molecule has 2 aliphatic heterocycles. The Morgan fingerprint density at radius 1 is 0.923 bits per heavy atom. The molecule has 2 heterocycles. The molecule has 0 saturated carbocycles. The van der Waals surface area contributed by atoms with Gasteiger partial charge in [-0.3, -0.25) is 4.90 Å². The fraction of sp³-hybridized carbons (Fsp3) is 1.00. The van der Waals surface area contributed by atoms with Gasteiger partial charge in [0.1, 0.15) is 0 Å². The second-order valence-corrected chi connectivity index (χ2v) is 4.70. The Kier molecular flexibility index (Phi) is 2.89. The Bertz CT molecular complexity index is 153. The van der Waals surface area contributed by atoms with Crippen LogP contribution in [0.15, 0.2) is 0 Å². The Labute approximate surface area is 81.7 Å². The van der Waals surface area contributed by atoms with Gasteiger partial charge in [0.2, 0.25) is 0 Å². The lowest BCUT2D eigenvalue weighted by Gasteiger charge is -2.37. The lowest BCUT2D eigenvalue weighted by Crippen LogP contribution is -2.47. The van der Waals surface area contributed by atoms with Crippen LogP contribution in [0, 0.1) is 0 Å². The van der Waals surface area contributed by atoms with E-state index in [1.54, 1.807) is 0 Å². The van der Waals surface area contributed by atoms with Crippen LogP contribution in [-0.2, 0) is 0 Å². The minimum absolute atomic E-state index is 0.832. The van der Waals surface area contributed by atoms with Crippen molar-refractivity contribution in [3.63, 3.8) is 0 Å². The lowest BCUT2D eigenvalue weighted by atomic mass is 10.0. The SMILES string of the molecule is CC1CCC(C)N1C1CCNCC1. The summed E-state index contributed by atoms with van der Waals surface area (Å²) >= 11 is 0. The number of nitrogens with one attached hydrogen (secondary N) is 1. The Morgan fingerprint density at radius 2 is 1.46 bits per heavy atom. The predicted molar refractivity (Wildman–Crippen MR) is 55.9 cm³/mol. The molecule has 2 aliphatic rings. The van der Waals surface area contributed by atoms with Crippen molar-refractivity contribution in [3.8, 4) is 0 Å². The Morgan fingerprint density at radius 3 is 2.00 bits per heavy atom. The topological polar surface area (TPSA) is 15.3 Å². The van der Waals surface area contributed by atoms with Crippen molar-refractivity contribution in [3.05, 3.63) is 0 Å². The number of rotatable bonds is 1. The van der Waals surface area contributed by atoms with Crippen molar-refractivity contribution >= 4 is 0 Å². The molecule has 1 N–H and O–H groups in total. The maximum atomic E-state index is 3.44. The fourth-order valence-electron chi connectivity index (χ4n) is 3.04. The van der Waals surface area contributed by atoms with Gasteiger partial charge in [-0.05, 0) is 52.6 Å². The van der Waals surface area contributed by atoms with E-state index in [0.717, 1.165) is 18.1 Å². The van der Waals surface area contributed by atoms with Crippen molar-refractivity contribution in [1.29, 1.82) is 0 Å². The molecule has 76 valence electrons. The average molecular weight is 182 g/mol. The van der Waals surface area contributed by atoms with Crippen molar-refractivity contribution in [2.75, 3.05) is 13.1 Å². The number of likely N-dealkylation sites (tertiary alicyclic amines) is 1. The molecule has 2 saturated heterocycles. The largest absolute Gasteiger partial charge is 0.317 e. The van der Waals surface area contributed by atoms with Crippen molar-refractivity contribution < 1.29 is 0 Å². The van der Waals surface area contributed by atoms with Crippen LogP contribution in [0.25, 0.3) is 0 Å². The molecule has 0 aromatic rings. The highest BCUT2D eigenvalue weighted by atomic mass is 15.2. The molecular weight excluding hydrogens is 160 g/mol. The van der Waals surface area contributed by atoms with E-state index in [9.17, 15) is 0 Å². The van der Waals surface area contributed by atoms with Crippen LogP contribution >= 0.6 is 0 Å². The zero-order chi connectivity index (χ0) is 9.26. The summed E-state index contributed by atoms with van der Waals surface area (Å²) in [6.45, 7) is 7.23. The Hall–Kier alpha value is -0.0800. The van der Waals surface area contributed by atoms with Gasteiger partial charge >= 0.3 is 0 Å². The lowest BCUT2D eigenvalue weighted by molar-refractivity contribution is 0.118. The van der Waals surface area contributed by atoms with Crippen molar-refractivity contribution in [2.24, 2.45) is 0 Å². The first-order chi connectivity index (χ1) is 6.29. The summed E-state index contributed by atoms with van der Waals surface area (Å²) in [6.07, 6.45) is 5.53. The average Bonchev–Trinajstić information content (AvgIpc) is 2.48. The zero-order valence-electron chi connectivity index (χ0n) is 8.92. The number of hydrogen-bond acceptors (Lipinski definition) is 2. The van der Waals surface area contributed by atoms with Crippen LogP contribution in [0.1, 0.15) is 39.5 Å². The van der Waals surface area contributed by atoms with E-state index in [1.807, 2.05) is 0 Å². The number of nitrogens with zero attached hydrogens (tertiary/aromatic N) is 1. The van der Waals surface area contributed by atoms with E-state index in [1.165, 1.54) is 38.8 Å². The molecule has 2 unspecified atom stereocenters. The summed E-state index contributed by atoms with van der Waals surface area (Å²) in [7, 11) is 0. The number of hydrogen-bond donors (Lipinski definition) is 1. The zero-order valence-corrected chi connectivity index (χ0v) is 8.92. The molecule has 13 heavy (non-hydrogen) atoms. The smallest absolute Gasteiger partial charge is 0.0125 e. The summed E-state index contributed by atoms with van der Waals surface area (Å²) in [5.74, 6) is 0. The van der Waals surface area contributed by atoms with E-state index < -0.39 is 0 Å². The maximum Gasteiger partial charge on any atom is 0.0125 e. The standard InChI is InChI=1S/C11H22N2/c1-9-3-4-10(2)13(9)11-5-7-12-8-6-11/h9-12H,3-8H2,1-2H3. The molecule has 0 aliphatic carbocycles. The second-order valence-electron chi connectivity index (χ2n) is 4.70.